The molecule has 0 heterocycles. The fourth-order valence-electron chi connectivity index (χ4n) is 2.05. The Morgan fingerprint density at radius 3 is 2.40 bits per heavy atom. The summed E-state index contributed by atoms with van der Waals surface area (Å²) in [4.78, 5) is 0. The molecular weight excluding hydrogens is 293 g/mol. The number of hydrogen-bond donors (Lipinski definition) is 2. The van der Waals surface area contributed by atoms with E-state index in [9.17, 15) is 5.11 Å². The number of benzene rings is 2. The van der Waals surface area contributed by atoms with Crippen LogP contribution in [0.1, 0.15) is 18.1 Å². The van der Waals surface area contributed by atoms with Gasteiger partial charge < -0.3 is 10.4 Å². The summed E-state index contributed by atoms with van der Waals surface area (Å²) < 4.78 is 0. The molecule has 0 aromatic heterocycles. The third-order valence-corrected chi connectivity index (χ3v) is 4.17. The van der Waals surface area contributed by atoms with Crippen molar-refractivity contribution in [1.82, 2.24) is 0 Å². The standard InChI is InChI=1S/C16H17Cl2NO/c1-11-5-3-4-6-15(11)19-16(2,10-20)12-7-8-13(17)14(18)9-12/h3-9,19-20H,10H2,1-2H3. The molecule has 0 saturated carbocycles. The quantitative estimate of drug-likeness (QED) is 0.863. The fraction of sp³-hybridized carbons (Fsp3) is 0.250. The lowest BCUT2D eigenvalue weighted by Crippen LogP contribution is -2.36. The van der Waals surface area contributed by atoms with Crippen LogP contribution in [0.3, 0.4) is 0 Å². The molecule has 106 valence electrons. The van der Waals surface area contributed by atoms with E-state index in [1.54, 1.807) is 12.1 Å². The van der Waals surface area contributed by atoms with Gasteiger partial charge in [-0.1, -0.05) is 47.5 Å². The molecule has 4 heteroatoms. The predicted molar refractivity (Wildman–Crippen MR) is 85.7 cm³/mol. The lowest BCUT2D eigenvalue weighted by Gasteiger charge is -2.31. The molecule has 0 aliphatic rings. The maximum atomic E-state index is 9.81. The number of halogens is 2. The van der Waals surface area contributed by atoms with Gasteiger partial charge in [0.2, 0.25) is 0 Å². The van der Waals surface area contributed by atoms with Gasteiger partial charge in [0.15, 0.2) is 0 Å². The molecule has 0 spiro atoms. The minimum absolute atomic E-state index is 0.0563. The Labute approximate surface area is 129 Å². The van der Waals surface area contributed by atoms with Gasteiger partial charge in [-0.05, 0) is 43.2 Å². The van der Waals surface area contributed by atoms with Gasteiger partial charge in [0.05, 0.1) is 22.2 Å². The number of para-hydroxylation sites is 1. The molecule has 2 aromatic carbocycles. The largest absolute Gasteiger partial charge is 0.394 e. The van der Waals surface area contributed by atoms with E-state index in [1.807, 2.05) is 44.2 Å². The number of aliphatic hydroxyl groups excluding tert-OH is 1. The molecule has 2 nitrogen and oxygen atoms in total. The van der Waals surface area contributed by atoms with Crippen molar-refractivity contribution in [2.75, 3.05) is 11.9 Å². The van der Waals surface area contributed by atoms with Crippen LogP contribution >= 0.6 is 23.2 Å². The molecule has 0 amide bonds. The average Bonchev–Trinajstić information content (AvgIpc) is 2.44. The van der Waals surface area contributed by atoms with Gasteiger partial charge in [-0.3, -0.25) is 0 Å². The highest BCUT2D eigenvalue weighted by molar-refractivity contribution is 6.42. The third kappa shape index (κ3) is 3.09. The molecule has 0 aliphatic carbocycles. The fourth-order valence-corrected chi connectivity index (χ4v) is 2.35. The van der Waals surface area contributed by atoms with Crippen LogP contribution in [0.2, 0.25) is 10.0 Å². The molecule has 0 fully saturated rings. The van der Waals surface area contributed by atoms with Gasteiger partial charge in [-0.15, -0.1) is 0 Å². The van der Waals surface area contributed by atoms with Crippen molar-refractivity contribution < 1.29 is 5.11 Å². The summed E-state index contributed by atoms with van der Waals surface area (Å²) in [6.45, 7) is 3.90. The number of nitrogens with one attached hydrogen (secondary N) is 1. The maximum Gasteiger partial charge on any atom is 0.0828 e. The summed E-state index contributed by atoms with van der Waals surface area (Å²) >= 11 is 12.0. The van der Waals surface area contributed by atoms with Gasteiger partial charge >= 0.3 is 0 Å². The van der Waals surface area contributed by atoms with Crippen molar-refractivity contribution in [3.63, 3.8) is 0 Å². The van der Waals surface area contributed by atoms with Crippen LogP contribution in [-0.2, 0) is 5.54 Å². The van der Waals surface area contributed by atoms with Gasteiger partial charge in [0, 0.05) is 5.69 Å². The summed E-state index contributed by atoms with van der Waals surface area (Å²) in [6.07, 6.45) is 0. The SMILES string of the molecule is Cc1ccccc1NC(C)(CO)c1ccc(Cl)c(Cl)c1. The van der Waals surface area contributed by atoms with Crippen molar-refractivity contribution in [1.29, 1.82) is 0 Å². The number of rotatable bonds is 4. The zero-order valence-electron chi connectivity index (χ0n) is 11.5. The van der Waals surface area contributed by atoms with E-state index >= 15 is 0 Å². The molecule has 2 N–H and O–H groups in total. The van der Waals surface area contributed by atoms with Crippen molar-refractivity contribution in [2.24, 2.45) is 0 Å². The summed E-state index contributed by atoms with van der Waals surface area (Å²) in [5.41, 5.74) is 2.36. The van der Waals surface area contributed by atoms with Gasteiger partial charge in [-0.25, -0.2) is 0 Å². The second kappa shape index (κ2) is 6.04. The molecule has 0 saturated heterocycles. The summed E-state index contributed by atoms with van der Waals surface area (Å²) in [5, 5.41) is 14.2. The number of hydrogen-bond acceptors (Lipinski definition) is 2. The van der Waals surface area contributed by atoms with E-state index in [0.29, 0.717) is 10.0 Å². The molecule has 20 heavy (non-hydrogen) atoms. The first-order valence-corrected chi connectivity index (χ1v) is 7.12. The average molecular weight is 310 g/mol. The topological polar surface area (TPSA) is 32.3 Å². The number of anilines is 1. The van der Waals surface area contributed by atoms with Crippen LogP contribution in [0, 0.1) is 6.92 Å². The third-order valence-electron chi connectivity index (χ3n) is 3.43. The first kappa shape index (κ1) is 15.2. The zero-order chi connectivity index (χ0) is 14.8. The Morgan fingerprint density at radius 2 is 1.80 bits per heavy atom. The first-order valence-electron chi connectivity index (χ1n) is 6.36. The van der Waals surface area contributed by atoms with Gasteiger partial charge in [-0.2, -0.15) is 0 Å². The Bertz CT molecular complexity index is 615. The van der Waals surface area contributed by atoms with E-state index in [1.165, 1.54) is 0 Å². The van der Waals surface area contributed by atoms with Crippen LogP contribution in [0.25, 0.3) is 0 Å². The van der Waals surface area contributed by atoms with Crippen molar-refractivity contribution in [3.05, 3.63) is 63.6 Å². The lowest BCUT2D eigenvalue weighted by atomic mass is 9.92. The molecule has 0 radical (unpaired) electrons. The molecule has 2 aromatic rings. The summed E-state index contributed by atoms with van der Waals surface area (Å²) in [6, 6.07) is 13.3. The van der Waals surface area contributed by atoms with Crippen molar-refractivity contribution >= 4 is 28.9 Å². The molecule has 1 atom stereocenters. The second-order valence-corrected chi connectivity index (χ2v) is 5.87. The van der Waals surface area contributed by atoms with E-state index in [0.717, 1.165) is 16.8 Å². The normalized spacial score (nSPS) is 13.8. The Morgan fingerprint density at radius 1 is 1.10 bits per heavy atom. The maximum absolute atomic E-state index is 9.81. The molecule has 0 bridgehead atoms. The monoisotopic (exact) mass is 309 g/mol. The van der Waals surface area contributed by atoms with Crippen LogP contribution < -0.4 is 5.32 Å². The molecule has 0 aliphatic heterocycles. The summed E-state index contributed by atoms with van der Waals surface area (Å²) in [7, 11) is 0. The van der Waals surface area contributed by atoms with Crippen LogP contribution in [0.4, 0.5) is 5.69 Å². The van der Waals surface area contributed by atoms with E-state index in [2.05, 4.69) is 5.32 Å². The molecule has 2 rings (SSSR count). The summed E-state index contributed by atoms with van der Waals surface area (Å²) in [5.74, 6) is 0. The highest BCUT2D eigenvalue weighted by atomic mass is 35.5. The Hall–Kier alpha value is -1.22. The van der Waals surface area contributed by atoms with Gasteiger partial charge in [0.25, 0.3) is 0 Å². The minimum Gasteiger partial charge on any atom is -0.394 e. The minimum atomic E-state index is -0.625. The smallest absolute Gasteiger partial charge is 0.0828 e. The van der Waals surface area contributed by atoms with Crippen molar-refractivity contribution in [3.8, 4) is 0 Å². The highest BCUT2D eigenvalue weighted by Crippen LogP contribution is 2.31. The van der Waals surface area contributed by atoms with Gasteiger partial charge in [0.1, 0.15) is 0 Å². The highest BCUT2D eigenvalue weighted by Gasteiger charge is 2.26. The number of aryl methyl sites for hydroxylation is 1. The van der Waals surface area contributed by atoms with Crippen LogP contribution in [0.15, 0.2) is 42.5 Å². The molecule has 1 unspecified atom stereocenters. The Kier molecular flexibility index (Phi) is 4.59. The molecular formula is C16H17Cl2NO. The van der Waals surface area contributed by atoms with Crippen LogP contribution in [0.5, 0.6) is 0 Å². The van der Waals surface area contributed by atoms with Crippen molar-refractivity contribution in [2.45, 2.75) is 19.4 Å². The zero-order valence-corrected chi connectivity index (χ0v) is 13.0. The van der Waals surface area contributed by atoms with E-state index < -0.39 is 5.54 Å². The van der Waals surface area contributed by atoms with Crippen LogP contribution in [-0.4, -0.2) is 11.7 Å². The first-order chi connectivity index (χ1) is 9.46. The lowest BCUT2D eigenvalue weighted by molar-refractivity contribution is 0.224. The Balaban J connectivity index is 2.38. The van der Waals surface area contributed by atoms with E-state index in [-0.39, 0.29) is 6.61 Å². The second-order valence-electron chi connectivity index (χ2n) is 5.06. The predicted octanol–water partition coefficient (Wildman–Crippen LogP) is 4.62. The van der Waals surface area contributed by atoms with E-state index in [4.69, 9.17) is 23.2 Å². The number of aliphatic hydroxyl groups is 1.